The Bertz CT molecular complexity index is 413. The molecule has 0 N–H and O–H groups in total. The molecule has 1 aromatic carbocycles. The Hall–Kier alpha value is -0.0200. The van der Waals surface area contributed by atoms with Crippen molar-refractivity contribution in [2.45, 2.75) is 46.0 Å². The lowest BCUT2D eigenvalue weighted by atomic mass is 9.76. The maximum atomic E-state index is 6.11. The van der Waals surface area contributed by atoms with Gasteiger partial charge in [0.25, 0.3) is 0 Å². The Morgan fingerprint density at radius 3 is 2.21 bits per heavy atom. The SMILES string of the molecule is Cc1cc(OCC2(CBr)CCCCC2)cc(C)c1Br. The van der Waals surface area contributed by atoms with E-state index in [9.17, 15) is 0 Å². The van der Waals surface area contributed by atoms with E-state index in [1.807, 2.05) is 0 Å². The van der Waals surface area contributed by atoms with Crippen molar-refractivity contribution in [1.29, 1.82) is 0 Å². The highest BCUT2D eigenvalue weighted by molar-refractivity contribution is 9.10. The maximum absolute atomic E-state index is 6.11. The minimum absolute atomic E-state index is 0.340. The number of aryl methyl sites for hydroxylation is 2. The van der Waals surface area contributed by atoms with E-state index in [1.165, 1.54) is 47.7 Å². The summed E-state index contributed by atoms with van der Waals surface area (Å²) in [6.45, 7) is 5.06. The van der Waals surface area contributed by atoms with Crippen molar-refractivity contribution in [2.75, 3.05) is 11.9 Å². The molecule has 1 fully saturated rings. The van der Waals surface area contributed by atoms with Gasteiger partial charge in [-0.3, -0.25) is 0 Å². The first-order valence-electron chi connectivity index (χ1n) is 7.02. The van der Waals surface area contributed by atoms with Gasteiger partial charge in [0.05, 0.1) is 6.61 Å². The zero-order valence-corrected chi connectivity index (χ0v) is 14.9. The van der Waals surface area contributed by atoms with E-state index in [0.29, 0.717) is 5.41 Å². The van der Waals surface area contributed by atoms with E-state index in [0.717, 1.165) is 17.7 Å². The van der Waals surface area contributed by atoms with Crippen LogP contribution in [0.2, 0.25) is 0 Å². The fourth-order valence-electron chi connectivity index (χ4n) is 2.84. The molecule has 2 rings (SSSR count). The van der Waals surface area contributed by atoms with Gasteiger partial charge < -0.3 is 4.74 Å². The fourth-order valence-corrected chi connectivity index (χ4v) is 3.80. The molecule has 19 heavy (non-hydrogen) atoms. The van der Waals surface area contributed by atoms with Gasteiger partial charge in [-0.1, -0.05) is 51.1 Å². The molecule has 0 spiro atoms. The van der Waals surface area contributed by atoms with Crippen LogP contribution in [0, 0.1) is 19.3 Å². The maximum Gasteiger partial charge on any atom is 0.119 e. The second kappa shape index (κ2) is 6.62. The molecule has 0 aromatic heterocycles. The average Bonchev–Trinajstić information content (AvgIpc) is 2.43. The number of halogens is 2. The van der Waals surface area contributed by atoms with E-state index in [1.54, 1.807) is 0 Å². The average molecular weight is 390 g/mol. The van der Waals surface area contributed by atoms with E-state index in [4.69, 9.17) is 4.74 Å². The molecule has 1 aliphatic carbocycles. The van der Waals surface area contributed by atoms with Crippen molar-refractivity contribution >= 4 is 31.9 Å². The second-order valence-electron chi connectivity index (χ2n) is 5.85. The Kier molecular flexibility index (Phi) is 5.36. The molecular weight excluding hydrogens is 368 g/mol. The molecule has 0 amide bonds. The smallest absolute Gasteiger partial charge is 0.119 e. The summed E-state index contributed by atoms with van der Waals surface area (Å²) in [5.74, 6) is 1.00. The van der Waals surface area contributed by atoms with Gasteiger partial charge in [-0.25, -0.2) is 0 Å². The third-order valence-electron chi connectivity index (χ3n) is 4.15. The predicted molar refractivity (Wildman–Crippen MR) is 88.4 cm³/mol. The molecule has 1 nitrogen and oxygen atoms in total. The summed E-state index contributed by atoms with van der Waals surface area (Å²) in [4.78, 5) is 0. The minimum Gasteiger partial charge on any atom is -0.493 e. The zero-order chi connectivity index (χ0) is 13.9. The molecule has 106 valence electrons. The lowest BCUT2D eigenvalue weighted by molar-refractivity contribution is 0.122. The number of ether oxygens (including phenoxy) is 1. The summed E-state index contributed by atoms with van der Waals surface area (Å²) in [6, 6.07) is 4.25. The molecule has 0 aliphatic heterocycles. The van der Waals surface area contributed by atoms with Crippen LogP contribution in [0.5, 0.6) is 5.75 Å². The van der Waals surface area contributed by atoms with Gasteiger partial charge in [-0.05, 0) is 49.9 Å². The van der Waals surface area contributed by atoms with Gasteiger partial charge in [0.1, 0.15) is 5.75 Å². The van der Waals surface area contributed by atoms with Crippen molar-refractivity contribution in [1.82, 2.24) is 0 Å². The van der Waals surface area contributed by atoms with Gasteiger partial charge in [-0.2, -0.15) is 0 Å². The van der Waals surface area contributed by atoms with Crippen LogP contribution in [-0.4, -0.2) is 11.9 Å². The van der Waals surface area contributed by atoms with Crippen LogP contribution in [0.4, 0.5) is 0 Å². The minimum atomic E-state index is 0.340. The summed E-state index contributed by atoms with van der Waals surface area (Å²) in [5, 5.41) is 1.05. The second-order valence-corrected chi connectivity index (χ2v) is 7.21. The van der Waals surface area contributed by atoms with E-state index >= 15 is 0 Å². The highest BCUT2D eigenvalue weighted by atomic mass is 79.9. The standard InChI is InChI=1S/C16H22Br2O/c1-12-8-14(9-13(2)15(12)18)19-11-16(10-17)6-4-3-5-7-16/h8-9H,3-7,10-11H2,1-2H3. The molecule has 0 saturated heterocycles. The highest BCUT2D eigenvalue weighted by Crippen LogP contribution is 2.38. The van der Waals surface area contributed by atoms with Crippen LogP contribution in [0.3, 0.4) is 0 Å². The summed E-state index contributed by atoms with van der Waals surface area (Å²) in [6.07, 6.45) is 6.63. The number of rotatable bonds is 4. The number of benzene rings is 1. The van der Waals surface area contributed by atoms with Gasteiger partial charge in [0.15, 0.2) is 0 Å². The molecule has 1 aromatic rings. The van der Waals surface area contributed by atoms with Crippen LogP contribution in [0.25, 0.3) is 0 Å². The van der Waals surface area contributed by atoms with E-state index < -0.39 is 0 Å². The molecule has 1 aliphatic rings. The summed E-state index contributed by atoms with van der Waals surface area (Å²) < 4.78 is 7.29. The lowest BCUT2D eigenvalue weighted by Gasteiger charge is -2.35. The van der Waals surface area contributed by atoms with Crippen molar-refractivity contribution in [3.05, 3.63) is 27.7 Å². The Morgan fingerprint density at radius 2 is 1.68 bits per heavy atom. The zero-order valence-electron chi connectivity index (χ0n) is 11.8. The Balaban J connectivity index is 2.05. The number of hydrogen-bond acceptors (Lipinski definition) is 1. The van der Waals surface area contributed by atoms with Gasteiger partial charge in [0, 0.05) is 15.2 Å². The van der Waals surface area contributed by atoms with Crippen LogP contribution in [0.15, 0.2) is 16.6 Å². The lowest BCUT2D eigenvalue weighted by Crippen LogP contribution is -2.32. The van der Waals surface area contributed by atoms with Crippen LogP contribution in [-0.2, 0) is 0 Å². The molecule has 1 saturated carbocycles. The third kappa shape index (κ3) is 3.75. The highest BCUT2D eigenvalue weighted by Gasteiger charge is 2.31. The Labute approximate surface area is 133 Å². The van der Waals surface area contributed by atoms with Gasteiger partial charge >= 0.3 is 0 Å². The molecule has 3 heteroatoms. The summed E-state index contributed by atoms with van der Waals surface area (Å²) in [5.41, 5.74) is 2.82. The first-order chi connectivity index (χ1) is 9.06. The molecule has 0 bridgehead atoms. The van der Waals surface area contributed by atoms with Crippen LogP contribution in [0.1, 0.15) is 43.2 Å². The van der Waals surface area contributed by atoms with Crippen LogP contribution < -0.4 is 4.74 Å². The quantitative estimate of drug-likeness (QED) is 0.592. The monoisotopic (exact) mass is 388 g/mol. The number of alkyl halides is 1. The van der Waals surface area contributed by atoms with Crippen molar-refractivity contribution in [3.8, 4) is 5.75 Å². The first-order valence-corrected chi connectivity index (χ1v) is 8.93. The first kappa shape index (κ1) is 15.4. The predicted octanol–water partition coefficient (Wildman–Crippen LogP) is 5.79. The van der Waals surface area contributed by atoms with E-state index in [2.05, 4.69) is 57.8 Å². The fraction of sp³-hybridized carbons (Fsp3) is 0.625. The molecular formula is C16H22Br2O. The Morgan fingerprint density at radius 1 is 1.11 bits per heavy atom. The van der Waals surface area contributed by atoms with E-state index in [-0.39, 0.29) is 0 Å². The normalized spacial score (nSPS) is 18.3. The van der Waals surface area contributed by atoms with Crippen LogP contribution >= 0.6 is 31.9 Å². The topological polar surface area (TPSA) is 9.23 Å². The van der Waals surface area contributed by atoms with Crippen molar-refractivity contribution < 1.29 is 4.74 Å². The molecule has 0 radical (unpaired) electrons. The molecule has 0 heterocycles. The summed E-state index contributed by atoms with van der Waals surface area (Å²) >= 11 is 7.30. The van der Waals surface area contributed by atoms with Gasteiger partial charge in [-0.15, -0.1) is 0 Å². The van der Waals surface area contributed by atoms with Crippen molar-refractivity contribution in [3.63, 3.8) is 0 Å². The third-order valence-corrected chi connectivity index (χ3v) is 6.59. The van der Waals surface area contributed by atoms with Gasteiger partial charge in [0.2, 0.25) is 0 Å². The summed E-state index contributed by atoms with van der Waals surface area (Å²) in [7, 11) is 0. The molecule has 0 atom stereocenters. The largest absolute Gasteiger partial charge is 0.493 e. The van der Waals surface area contributed by atoms with Crippen molar-refractivity contribution in [2.24, 2.45) is 5.41 Å². The number of hydrogen-bond donors (Lipinski definition) is 0. The molecule has 0 unspecified atom stereocenters.